The Bertz CT molecular complexity index is 592. The van der Waals surface area contributed by atoms with Crippen LogP contribution in [0.15, 0.2) is 42.5 Å². The summed E-state index contributed by atoms with van der Waals surface area (Å²) in [4.78, 5) is 0. The first-order valence-electron chi connectivity index (χ1n) is 6.79. The smallest absolute Gasteiger partial charge is 0.0835 e. The Balaban J connectivity index is 2.29. The Morgan fingerprint density at radius 1 is 0.900 bits per heavy atom. The highest BCUT2D eigenvalue weighted by Crippen LogP contribution is 2.32. The number of halogens is 2. The van der Waals surface area contributed by atoms with Gasteiger partial charge in [0.15, 0.2) is 0 Å². The fraction of sp³-hybridized carbons (Fsp3) is 0.333. The molecule has 0 saturated heterocycles. The fourth-order valence-electron chi connectivity index (χ4n) is 2.11. The van der Waals surface area contributed by atoms with E-state index in [1.54, 1.807) is 0 Å². The summed E-state index contributed by atoms with van der Waals surface area (Å²) in [7, 11) is 0. The predicted molar refractivity (Wildman–Crippen MR) is 89.0 cm³/mol. The second kappa shape index (κ2) is 5.79. The molecule has 2 aromatic carbocycles. The summed E-state index contributed by atoms with van der Waals surface area (Å²) in [6.07, 6.45) is 0. The van der Waals surface area contributed by atoms with E-state index in [1.807, 2.05) is 25.1 Å². The third-order valence-corrected chi connectivity index (χ3v) is 4.47. The lowest BCUT2D eigenvalue weighted by molar-refractivity contribution is 0.590. The average Bonchev–Trinajstić information content (AvgIpc) is 2.40. The van der Waals surface area contributed by atoms with E-state index >= 15 is 0 Å². The van der Waals surface area contributed by atoms with Gasteiger partial charge in [-0.2, -0.15) is 0 Å². The summed E-state index contributed by atoms with van der Waals surface area (Å²) in [5.41, 5.74) is 4.67. The molecule has 0 aliphatic carbocycles. The molecule has 0 bridgehead atoms. The highest BCUT2D eigenvalue weighted by atomic mass is 35.5. The molecule has 0 N–H and O–H groups in total. The lowest BCUT2D eigenvalue weighted by Crippen LogP contribution is -2.10. The molecule has 0 aliphatic rings. The zero-order valence-corrected chi connectivity index (χ0v) is 13.9. The minimum Gasteiger partial charge on any atom is -0.113 e. The molecule has 1 atom stereocenters. The van der Waals surface area contributed by atoms with Gasteiger partial charge in [0.2, 0.25) is 0 Å². The molecule has 0 nitrogen and oxygen atoms in total. The van der Waals surface area contributed by atoms with Crippen molar-refractivity contribution in [3.05, 3.63) is 69.7 Å². The molecule has 2 aromatic rings. The lowest BCUT2D eigenvalue weighted by Gasteiger charge is -2.20. The second-order valence-electron chi connectivity index (χ2n) is 6.24. The maximum absolute atomic E-state index is 6.56. The van der Waals surface area contributed by atoms with Crippen LogP contribution in [0.25, 0.3) is 0 Å². The molecule has 1 unspecified atom stereocenters. The largest absolute Gasteiger partial charge is 0.113 e. The Morgan fingerprint density at radius 2 is 1.45 bits per heavy atom. The molecule has 0 fully saturated rings. The lowest BCUT2D eigenvalue weighted by atomic mass is 9.86. The molecule has 2 heteroatoms. The van der Waals surface area contributed by atoms with Crippen LogP contribution in [0.2, 0.25) is 5.02 Å². The van der Waals surface area contributed by atoms with Crippen molar-refractivity contribution in [1.82, 2.24) is 0 Å². The molecule has 2 rings (SSSR count). The van der Waals surface area contributed by atoms with E-state index in [2.05, 4.69) is 45.0 Å². The number of hydrogen-bond acceptors (Lipinski definition) is 0. The van der Waals surface area contributed by atoms with Gasteiger partial charge in [-0.15, -0.1) is 11.6 Å². The van der Waals surface area contributed by atoms with Crippen molar-refractivity contribution in [2.45, 2.75) is 38.5 Å². The number of benzene rings is 2. The van der Waals surface area contributed by atoms with Crippen molar-refractivity contribution in [1.29, 1.82) is 0 Å². The Hall–Kier alpha value is -0.980. The van der Waals surface area contributed by atoms with Crippen LogP contribution in [-0.4, -0.2) is 0 Å². The van der Waals surface area contributed by atoms with Gasteiger partial charge in [0.05, 0.1) is 5.38 Å². The summed E-state index contributed by atoms with van der Waals surface area (Å²) in [5.74, 6) is 0. The average molecular weight is 307 g/mol. The molecule has 0 radical (unpaired) electrons. The number of hydrogen-bond donors (Lipinski definition) is 0. The molecular formula is C18H20Cl2. The Kier molecular flexibility index (Phi) is 4.46. The van der Waals surface area contributed by atoms with E-state index in [-0.39, 0.29) is 10.8 Å². The first-order chi connectivity index (χ1) is 9.29. The van der Waals surface area contributed by atoms with Crippen molar-refractivity contribution in [3.63, 3.8) is 0 Å². The van der Waals surface area contributed by atoms with E-state index in [4.69, 9.17) is 23.2 Å². The second-order valence-corrected chi connectivity index (χ2v) is 7.09. The number of rotatable bonds is 2. The van der Waals surface area contributed by atoms with Gasteiger partial charge in [-0.3, -0.25) is 0 Å². The Morgan fingerprint density at radius 3 is 1.95 bits per heavy atom. The van der Waals surface area contributed by atoms with E-state index in [9.17, 15) is 0 Å². The minimum atomic E-state index is -0.165. The van der Waals surface area contributed by atoms with E-state index < -0.39 is 0 Å². The molecule has 20 heavy (non-hydrogen) atoms. The number of alkyl halides is 1. The number of aryl methyl sites for hydroxylation is 1. The first-order valence-corrected chi connectivity index (χ1v) is 7.61. The monoisotopic (exact) mass is 306 g/mol. The van der Waals surface area contributed by atoms with Crippen molar-refractivity contribution in [2.24, 2.45) is 0 Å². The van der Waals surface area contributed by atoms with Crippen LogP contribution in [0.4, 0.5) is 0 Å². The molecule has 106 valence electrons. The highest BCUT2D eigenvalue weighted by molar-refractivity contribution is 6.31. The molecule has 0 saturated carbocycles. The van der Waals surface area contributed by atoms with E-state index in [0.717, 1.165) is 21.7 Å². The van der Waals surface area contributed by atoms with Gasteiger partial charge in [0, 0.05) is 5.02 Å². The molecule has 0 spiro atoms. The molecule has 0 heterocycles. The maximum atomic E-state index is 6.56. The van der Waals surface area contributed by atoms with Crippen molar-refractivity contribution in [2.75, 3.05) is 0 Å². The van der Waals surface area contributed by atoms with Crippen LogP contribution in [0, 0.1) is 6.92 Å². The quantitative estimate of drug-likeness (QED) is 0.573. The van der Waals surface area contributed by atoms with Crippen LogP contribution < -0.4 is 0 Å². The van der Waals surface area contributed by atoms with Crippen LogP contribution in [0.5, 0.6) is 0 Å². The molecule has 0 aliphatic heterocycles. The van der Waals surface area contributed by atoms with Gasteiger partial charge in [0.1, 0.15) is 0 Å². The normalized spacial score (nSPS) is 13.3. The first kappa shape index (κ1) is 15.4. The van der Waals surface area contributed by atoms with Crippen LogP contribution in [0.1, 0.15) is 48.4 Å². The van der Waals surface area contributed by atoms with Crippen molar-refractivity contribution in [3.8, 4) is 0 Å². The van der Waals surface area contributed by atoms with Gasteiger partial charge in [-0.05, 0) is 40.7 Å². The van der Waals surface area contributed by atoms with Gasteiger partial charge < -0.3 is 0 Å². The predicted octanol–water partition coefficient (Wildman–Crippen LogP) is 6.27. The van der Waals surface area contributed by atoms with Gasteiger partial charge in [-0.1, -0.05) is 68.8 Å². The molecule has 0 amide bonds. The van der Waals surface area contributed by atoms with Gasteiger partial charge in [0.25, 0.3) is 0 Å². The van der Waals surface area contributed by atoms with Gasteiger partial charge in [-0.25, -0.2) is 0 Å². The Labute approximate surface area is 131 Å². The third-order valence-electron chi connectivity index (χ3n) is 3.56. The van der Waals surface area contributed by atoms with Crippen LogP contribution >= 0.6 is 23.2 Å². The van der Waals surface area contributed by atoms with Crippen molar-refractivity contribution < 1.29 is 0 Å². The van der Waals surface area contributed by atoms with Gasteiger partial charge >= 0.3 is 0 Å². The molecule has 0 aromatic heterocycles. The highest BCUT2D eigenvalue weighted by Gasteiger charge is 2.16. The van der Waals surface area contributed by atoms with Crippen LogP contribution in [-0.2, 0) is 5.41 Å². The topological polar surface area (TPSA) is 0 Å². The summed E-state index contributed by atoms with van der Waals surface area (Å²) >= 11 is 12.7. The zero-order valence-electron chi connectivity index (χ0n) is 12.4. The van der Waals surface area contributed by atoms with Crippen molar-refractivity contribution >= 4 is 23.2 Å². The summed E-state index contributed by atoms with van der Waals surface area (Å²) in [6.45, 7) is 8.62. The summed E-state index contributed by atoms with van der Waals surface area (Å²) < 4.78 is 0. The minimum absolute atomic E-state index is 0.160. The molecular weight excluding hydrogens is 287 g/mol. The SMILES string of the molecule is Cc1ccc(C(Cl)c2ccc(C(C)(C)C)cc2)cc1Cl. The van der Waals surface area contributed by atoms with Crippen LogP contribution in [0.3, 0.4) is 0 Å². The standard InChI is InChI=1S/C18H20Cl2/c1-12-5-6-14(11-16(12)19)17(20)13-7-9-15(10-8-13)18(2,3)4/h5-11,17H,1-4H3. The maximum Gasteiger partial charge on any atom is 0.0835 e. The summed E-state index contributed by atoms with van der Waals surface area (Å²) in [5, 5.41) is 0.599. The zero-order chi connectivity index (χ0) is 14.9. The third kappa shape index (κ3) is 3.37. The van der Waals surface area contributed by atoms with E-state index in [1.165, 1.54) is 5.56 Å². The fourth-order valence-corrected chi connectivity index (χ4v) is 2.58. The summed E-state index contributed by atoms with van der Waals surface area (Å²) in [6, 6.07) is 14.5. The van der Waals surface area contributed by atoms with E-state index in [0.29, 0.717) is 0 Å².